The lowest BCUT2D eigenvalue weighted by Crippen LogP contribution is -2.42. The lowest BCUT2D eigenvalue weighted by molar-refractivity contribution is -0.122. The molecule has 0 aromatic heterocycles. The van der Waals surface area contributed by atoms with Gasteiger partial charge in [-0.05, 0) is 48.8 Å². The van der Waals surface area contributed by atoms with Crippen molar-refractivity contribution in [2.75, 3.05) is 18.8 Å². The van der Waals surface area contributed by atoms with Crippen LogP contribution >= 0.6 is 15.9 Å². The Kier molecular flexibility index (Phi) is 6.01. The number of carbonyl (C=O) groups is 2. The maximum atomic E-state index is 12.4. The second-order valence-electron chi connectivity index (χ2n) is 4.75. The zero-order valence-electron chi connectivity index (χ0n) is 11.9. The minimum atomic E-state index is -0.217. The summed E-state index contributed by atoms with van der Waals surface area (Å²) in [5.74, 6) is -0.388. The van der Waals surface area contributed by atoms with E-state index in [0.717, 1.165) is 0 Å². The summed E-state index contributed by atoms with van der Waals surface area (Å²) in [6.45, 7) is 6.08. The molecule has 0 radical (unpaired) electrons. The summed E-state index contributed by atoms with van der Waals surface area (Å²) in [5, 5.41) is 2.77. The third kappa shape index (κ3) is 4.23. The molecule has 3 N–H and O–H groups in total. The molecule has 0 aliphatic heterocycles. The molecule has 0 aliphatic rings. The summed E-state index contributed by atoms with van der Waals surface area (Å²) in [5.41, 5.74) is 6.73. The van der Waals surface area contributed by atoms with Crippen molar-refractivity contribution in [2.24, 2.45) is 0 Å². The molecule has 0 fully saturated rings. The average Bonchev–Trinajstić information content (AvgIpc) is 2.37. The Labute approximate surface area is 127 Å². The first-order valence-corrected chi connectivity index (χ1v) is 7.28. The van der Waals surface area contributed by atoms with E-state index in [4.69, 9.17) is 5.73 Å². The van der Waals surface area contributed by atoms with Gasteiger partial charge in [0.25, 0.3) is 5.91 Å². The number of likely N-dealkylation sites (N-methyl/N-ethyl adjacent to an activating group) is 1. The monoisotopic (exact) mass is 341 g/mol. The zero-order chi connectivity index (χ0) is 15.3. The van der Waals surface area contributed by atoms with E-state index in [9.17, 15) is 9.59 Å². The zero-order valence-corrected chi connectivity index (χ0v) is 13.5. The van der Waals surface area contributed by atoms with E-state index in [1.54, 1.807) is 18.2 Å². The Balaban J connectivity index is 2.87. The number of hydrogen-bond acceptors (Lipinski definition) is 3. The van der Waals surface area contributed by atoms with E-state index in [1.165, 1.54) is 4.90 Å². The van der Waals surface area contributed by atoms with Crippen LogP contribution in [-0.2, 0) is 4.79 Å². The van der Waals surface area contributed by atoms with Crippen LogP contribution in [0.3, 0.4) is 0 Å². The van der Waals surface area contributed by atoms with E-state index >= 15 is 0 Å². The van der Waals surface area contributed by atoms with Gasteiger partial charge >= 0.3 is 0 Å². The number of benzene rings is 1. The van der Waals surface area contributed by atoms with Crippen molar-refractivity contribution in [1.29, 1.82) is 0 Å². The molecule has 0 aliphatic carbocycles. The van der Waals surface area contributed by atoms with Gasteiger partial charge < -0.3 is 16.0 Å². The molecule has 0 saturated carbocycles. The molecule has 2 amide bonds. The quantitative estimate of drug-likeness (QED) is 0.804. The standard InChI is InChI=1S/C14H20BrN3O2/c1-4-18(8-12(19)17-9(2)3)14(20)10-6-5-7-11(16)13(10)15/h5-7,9H,4,8,16H2,1-3H3,(H,17,19). The predicted molar refractivity (Wildman–Crippen MR) is 83.4 cm³/mol. The van der Waals surface area contributed by atoms with Crippen molar-refractivity contribution < 1.29 is 9.59 Å². The third-order valence-electron chi connectivity index (χ3n) is 2.71. The Hall–Kier alpha value is -1.56. The first-order valence-electron chi connectivity index (χ1n) is 6.49. The molecular weight excluding hydrogens is 322 g/mol. The highest BCUT2D eigenvalue weighted by atomic mass is 79.9. The van der Waals surface area contributed by atoms with Gasteiger partial charge in [-0.3, -0.25) is 9.59 Å². The summed E-state index contributed by atoms with van der Waals surface area (Å²) in [6.07, 6.45) is 0. The summed E-state index contributed by atoms with van der Waals surface area (Å²) >= 11 is 3.31. The fourth-order valence-electron chi connectivity index (χ4n) is 1.75. The predicted octanol–water partition coefficient (Wildman–Crippen LogP) is 2.02. The maximum Gasteiger partial charge on any atom is 0.255 e. The van der Waals surface area contributed by atoms with Crippen LogP contribution in [0.15, 0.2) is 22.7 Å². The van der Waals surface area contributed by atoms with E-state index in [1.807, 2.05) is 20.8 Å². The SMILES string of the molecule is CCN(CC(=O)NC(C)C)C(=O)c1cccc(N)c1Br. The van der Waals surface area contributed by atoms with E-state index < -0.39 is 0 Å². The molecule has 110 valence electrons. The molecule has 1 aromatic carbocycles. The largest absolute Gasteiger partial charge is 0.398 e. The lowest BCUT2D eigenvalue weighted by Gasteiger charge is -2.22. The van der Waals surface area contributed by atoms with Crippen LogP contribution in [0.5, 0.6) is 0 Å². The number of nitrogens with zero attached hydrogens (tertiary/aromatic N) is 1. The van der Waals surface area contributed by atoms with Gasteiger partial charge in [-0.25, -0.2) is 0 Å². The number of nitrogens with two attached hydrogens (primary N) is 1. The van der Waals surface area contributed by atoms with Crippen molar-refractivity contribution in [3.63, 3.8) is 0 Å². The van der Waals surface area contributed by atoms with Gasteiger partial charge in [0.1, 0.15) is 0 Å². The third-order valence-corrected chi connectivity index (χ3v) is 3.60. The summed E-state index contributed by atoms with van der Waals surface area (Å²) in [4.78, 5) is 25.7. The highest BCUT2D eigenvalue weighted by Gasteiger charge is 2.20. The smallest absolute Gasteiger partial charge is 0.255 e. The van der Waals surface area contributed by atoms with Gasteiger partial charge in [0, 0.05) is 18.3 Å². The molecule has 0 atom stereocenters. The first kappa shape index (κ1) is 16.5. The molecule has 5 nitrogen and oxygen atoms in total. The van der Waals surface area contributed by atoms with Crippen LogP contribution in [0.4, 0.5) is 5.69 Å². The number of hydrogen-bond donors (Lipinski definition) is 2. The number of nitrogens with one attached hydrogen (secondary N) is 1. The second kappa shape index (κ2) is 7.28. The number of rotatable bonds is 5. The number of carbonyl (C=O) groups excluding carboxylic acids is 2. The van der Waals surface area contributed by atoms with Crippen LogP contribution in [-0.4, -0.2) is 35.8 Å². The van der Waals surface area contributed by atoms with Crippen LogP contribution in [0.1, 0.15) is 31.1 Å². The number of halogens is 1. The van der Waals surface area contributed by atoms with Gasteiger partial charge in [0.15, 0.2) is 0 Å². The van der Waals surface area contributed by atoms with E-state index in [-0.39, 0.29) is 24.4 Å². The van der Waals surface area contributed by atoms with Gasteiger partial charge in [-0.2, -0.15) is 0 Å². The Morgan fingerprint density at radius 2 is 2.05 bits per heavy atom. The maximum absolute atomic E-state index is 12.4. The Bertz CT molecular complexity index is 503. The van der Waals surface area contributed by atoms with Gasteiger partial charge in [0.2, 0.25) is 5.91 Å². The van der Waals surface area contributed by atoms with Crippen molar-refractivity contribution >= 4 is 33.4 Å². The van der Waals surface area contributed by atoms with Gasteiger partial charge in [0.05, 0.1) is 16.6 Å². The Morgan fingerprint density at radius 1 is 1.40 bits per heavy atom. The number of nitrogen functional groups attached to an aromatic ring is 1. The van der Waals surface area contributed by atoms with Crippen molar-refractivity contribution in [2.45, 2.75) is 26.8 Å². The molecular formula is C14H20BrN3O2. The molecule has 1 aromatic rings. The molecule has 0 heterocycles. The van der Waals surface area contributed by atoms with Crippen molar-refractivity contribution in [3.8, 4) is 0 Å². The van der Waals surface area contributed by atoms with Crippen LogP contribution in [0.25, 0.3) is 0 Å². The highest BCUT2D eigenvalue weighted by Crippen LogP contribution is 2.24. The van der Waals surface area contributed by atoms with Crippen molar-refractivity contribution in [1.82, 2.24) is 10.2 Å². The molecule has 20 heavy (non-hydrogen) atoms. The lowest BCUT2D eigenvalue weighted by atomic mass is 10.1. The topological polar surface area (TPSA) is 75.4 Å². The van der Waals surface area contributed by atoms with Gasteiger partial charge in [-0.15, -0.1) is 0 Å². The molecule has 0 spiro atoms. The molecule has 0 saturated heterocycles. The average molecular weight is 342 g/mol. The fraction of sp³-hybridized carbons (Fsp3) is 0.429. The Morgan fingerprint density at radius 3 is 2.60 bits per heavy atom. The van der Waals surface area contributed by atoms with Crippen LogP contribution in [0, 0.1) is 0 Å². The first-order chi connectivity index (χ1) is 9.36. The van der Waals surface area contributed by atoms with Crippen molar-refractivity contribution in [3.05, 3.63) is 28.2 Å². The normalized spacial score (nSPS) is 10.4. The van der Waals surface area contributed by atoms with E-state index in [0.29, 0.717) is 22.3 Å². The molecule has 1 rings (SSSR count). The molecule has 0 unspecified atom stereocenters. The van der Waals surface area contributed by atoms with Crippen LogP contribution in [0.2, 0.25) is 0 Å². The van der Waals surface area contributed by atoms with Crippen LogP contribution < -0.4 is 11.1 Å². The summed E-state index contributed by atoms with van der Waals surface area (Å²) < 4.78 is 0.563. The minimum absolute atomic E-state index is 0.0365. The second-order valence-corrected chi connectivity index (χ2v) is 5.54. The summed E-state index contributed by atoms with van der Waals surface area (Å²) in [6, 6.07) is 5.17. The summed E-state index contributed by atoms with van der Waals surface area (Å²) in [7, 11) is 0. The number of amides is 2. The number of anilines is 1. The molecule has 0 bridgehead atoms. The highest BCUT2D eigenvalue weighted by molar-refractivity contribution is 9.10. The molecule has 6 heteroatoms. The fourth-order valence-corrected chi connectivity index (χ4v) is 2.19. The van der Waals surface area contributed by atoms with E-state index in [2.05, 4.69) is 21.2 Å². The minimum Gasteiger partial charge on any atom is -0.398 e. The van der Waals surface area contributed by atoms with Gasteiger partial charge in [-0.1, -0.05) is 6.07 Å².